The van der Waals surface area contributed by atoms with Crippen LogP contribution in [0.4, 0.5) is 0 Å². The highest BCUT2D eigenvalue weighted by Crippen LogP contribution is 2.37. The van der Waals surface area contributed by atoms with Gasteiger partial charge in [-0.05, 0) is 37.2 Å². The Labute approximate surface area is 119 Å². The maximum Gasteiger partial charge on any atom is 0.335 e. The zero-order chi connectivity index (χ0) is 14.3. The lowest BCUT2D eigenvalue weighted by atomic mass is 9.80. The fraction of sp³-hybridized carbons (Fsp3) is 0.500. The molecule has 0 aromatic heterocycles. The first-order valence-electron chi connectivity index (χ1n) is 6.74. The number of allylic oxidation sites excluding steroid dienone is 2. The molecule has 1 aromatic carbocycles. The molecule has 0 spiro atoms. The molecule has 104 valence electrons. The molecule has 0 heterocycles. The van der Waals surface area contributed by atoms with Crippen molar-refractivity contribution in [2.75, 3.05) is 0 Å². The van der Waals surface area contributed by atoms with E-state index < -0.39 is 11.6 Å². The third kappa shape index (κ3) is 4.75. The van der Waals surface area contributed by atoms with Crippen LogP contribution < -0.4 is 0 Å². The average Bonchev–Trinajstić information content (AvgIpc) is 2.54. The molecule has 0 saturated heterocycles. The van der Waals surface area contributed by atoms with Crippen molar-refractivity contribution in [3.8, 4) is 0 Å². The van der Waals surface area contributed by atoms with Gasteiger partial charge in [-0.25, -0.2) is 0 Å². The summed E-state index contributed by atoms with van der Waals surface area (Å²) in [6.45, 7) is 7.07. The van der Waals surface area contributed by atoms with E-state index in [9.17, 15) is 0 Å². The second-order valence-electron chi connectivity index (χ2n) is 5.39. The summed E-state index contributed by atoms with van der Waals surface area (Å²) >= 11 is -0.750. The number of benzene rings is 1. The highest BCUT2D eigenvalue weighted by molar-refractivity contribution is 7.51. The largest absolute Gasteiger partial charge is 0.335 e. The maximum atomic E-state index is 8.29. The van der Waals surface area contributed by atoms with Gasteiger partial charge in [-0.2, -0.15) is 8.42 Å². The molecule has 19 heavy (non-hydrogen) atoms. The molecule has 2 nitrogen and oxygen atoms in total. The van der Waals surface area contributed by atoms with Gasteiger partial charge in [0.2, 0.25) is 0 Å². The van der Waals surface area contributed by atoms with E-state index in [0.717, 1.165) is 11.8 Å². The van der Waals surface area contributed by atoms with Gasteiger partial charge in [0.15, 0.2) is 0 Å². The molecular formula is C16H22O2S. The van der Waals surface area contributed by atoms with Crippen molar-refractivity contribution in [3.63, 3.8) is 0 Å². The molecule has 0 aliphatic heterocycles. The third-order valence-electron chi connectivity index (χ3n) is 4.11. The molecule has 0 amide bonds. The Morgan fingerprint density at radius 2 is 1.68 bits per heavy atom. The van der Waals surface area contributed by atoms with Crippen molar-refractivity contribution in [3.05, 3.63) is 47.5 Å². The molecule has 0 bridgehead atoms. The Hall–Kier alpha value is -1.22. The summed E-state index contributed by atoms with van der Waals surface area (Å²) in [5.74, 6) is 2.18. The van der Waals surface area contributed by atoms with Gasteiger partial charge in [0.25, 0.3) is 0 Å². The first-order chi connectivity index (χ1) is 9.10. The molecule has 1 aromatic rings. The first kappa shape index (κ1) is 15.8. The van der Waals surface area contributed by atoms with E-state index >= 15 is 0 Å². The van der Waals surface area contributed by atoms with E-state index in [-0.39, 0.29) is 0 Å². The summed E-state index contributed by atoms with van der Waals surface area (Å²) < 4.78 is 16.6. The molecular weight excluding hydrogens is 256 g/mol. The summed E-state index contributed by atoms with van der Waals surface area (Å²) in [5.41, 5.74) is 3.04. The fourth-order valence-corrected chi connectivity index (χ4v) is 2.69. The van der Waals surface area contributed by atoms with E-state index in [2.05, 4.69) is 57.2 Å². The van der Waals surface area contributed by atoms with Crippen LogP contribution >= 0.6 is 0 Å². The smallest absolute Gasteiger partial charge is 0.168 e. The van der Waals surface area contributed by atoms with Gasteiger partial charge in [0, 0.05) is 5.92 Å². The summed E-state index contributed by atoms with van der Waals surface area (Å²) in [7, 11) is 0. The van der Waals surface area contributed by atoms with Crippen molar-refractivity contribution in [2.24, 2.45) is 11.8 Å². The number of hydrogen-bond acceptors (Lipinski definition) is 2. The lowest BCUT2D eigenvalue weighted by Crippen LogP contribution is -2.14. The number of rotatable bonds is 1. The summed E-state index contributed by atoms with van der Waals surface area (Å²) in [6, 6.07) is 10.9. The van der Waals surface area contributed by atoms with Crippen molar-refractivity contribution in [1.82, 2.24) is 0 Å². The molecule has 0 radical (unpaired) electrons. The third-order valence-corrected chi connectivity index (χ3v) is 4.11. The van der Waals surface area contributed by atoms with Crippen molar-refractivity contribution >= 4 is 11.6 Å². The summed E-state index contributed by atoms with van der Waals surface area (Å²) in [5, 5.41) is 0. The van der Waals surface area contributed by atoms with Crippen molar-refractivity contribution in [1.29, 1.82) is 0 Å². The molecule has 0 N–H and O–H groups in total. The van der Waals surface area contributed by atoms with Gasteiger partial charge in [0.1, 0.15) is 0 Å². The molecule has 3 unspecified atom stereocenters. The van der Waals surface area contributed by atoms with Gasteiger partial charge in [-0.15, -0.1) is 0 Å². The SMILES string of the molecule is CC1=CC(c2ccccc2)C(C)C(C)CC1.O=S=O. The van der Waals surface area contributed by atoms with E-state index in [4.69, 9.17) is 8.42 Å². The van der Waals surface area contributed by atoms with Gasteiger partial charge in [-0.3, -0.25) is 0 Å². The maximum absolute atomic E-state index is 8.29. The molecule has 3 heteroatoms. The van der Waals surface area contributed by atoms with Crippen LogP contribution in [0, 0.1) is 11.8 Å². The monoisotopic (exact) mass is 278 g/mol. The van der Waals surface area contributed by atoms with Crippen LogP contribution in [0.25, 0.3) is 0 Å². The fourth-order valence-electron chi connectivity index (χ4n) is 2.69. The van der Waals surface area contributed by atoms with E-state index in [1.54, 1.807) is 5.57 Å². The minimum Gasteiger partial charge on any atom is -0.168 e. The Morgan fingerprint density at radius 1 is 1.11 bits per heavy atom. The molecule has 0 saturated carbocycles. The predicted molar refractivity (Wildman–Crippen MR) is 79.4 cm³/mol. The second-order valence-corrected chi connectivity index (χ2v) is 5.53. The highest BCUT2D eigenvalue weighted by Gasteiger charge is 2.24. The quantitative estimate of drug-likeness (QED) is 0.724. The van der Waals surface area contributed by atoms with E-state index in [0.29, 0.717) is 5.92 Å². The van der Waals surface area contributed by atoms with Crippen LogP contribution in [0.2, 0.25) is 0 Å². The minimum absolute atomic E-state index is 0.610. The van der Waals surface area contributed by atoms with Gasteiger partial charge >= 0.3 is 11.6 Å². The molecule has 2 rings (SSSR count). The minimum atomic E-state index is -0.750. The lowest BCUT2D eigenvalue weighted by molar-refractivity contribution is 0.347. The number of hydrogen-bond donors (Lipinski definition) is 0. The van der Waals surface area contributed by atoms with Crippen molar-refractivity contribution in [2.45, 2.75) is 39.5 Å². The summed E-state index contributed by atoms with van der Waals surface area (Å²) in [4.78, 5) is 0. The Kier molecular flexibility index (Phi) is 6.71. The average molecular weight is 278 g/mol. The van der Waals surface area contributed by atoms with Crippen LogP contribution in [0.5, 0.6) is 0 Å². The van der Waals surface area contributed by atoms with Crippen molar-refractivity contribution < 1.29 is 8.42 Å². The molecule has 3 atom stereocenters. The Balaban J connectivity index is 0.000000550. The molecule has 1 aliphatic rings. The highest BCUT2D eigenvalue weighted by atomic mass is 32.1. The molecule has 0 fully saturated rings. The van der Waals surface area contributed by atoms with Crippen LogP contribution in [0.3, 0.4) is 0 Å². The zero-order valence-corrected chi connectivity index (χ0v) is 12.7. The normalized spacial score (nSPS) is 26.5. The first-order valence-corrected chi connectivity index (χ1v) is 7.40. The van der Waals surface area contributed by atoms with Crippen LogP contribution in [-0.2, 0) is 11.6 Å². The standard InChI is InChI=1S/C16H22.O2S/c1-12-9-10-13(2)14(3)16(11-12)15-7-5-4-6-8-15;1-3-2/h4-8,11,13-14,16H,9-10H2,1-3H3;. The zero-order valence-electron chi connectivity index (χ0n) is 11.8. The van der Waals surface area contributed by atoms with Crippen LogP contribution in [0.15, 0.2) is 42.0 Å². The second kappa shape index (κ2) is 8.05. The van der Waals surface area contributed by atoms with Crippen LogP contribution in [0.1, 0.15) is 45.1 Å². The van der Waals surface area contributed by atoms with Gasteiger partial charge in [-0.1, -0.05) is 55.8 Å². The molecule has 1 aliphatic carbocycles. The van der Waals surface area contributed by atoms with E-state index in [1.165, 1.54) is 18.4 Å². The van der Waals surface area contributed by atoms with E-state index in [1.807, 2.05) is 0 Å². The topological polar surface area (TPSA) is 34.1 Å². The van der Waals surface area contributed by atoms with Gasteiger partial charge < -0.3 is 0 Å². The predicted octanol–water partition coefficient (Wildman–Crippen LogP) is 4.11. The summed E-state index contributed by atoms with van der Waals surface area (Å²) in [6.07, 6.45) is 5.10. The van der Waals surface area contributed by atoms with Crippen LogP contribution in [-0.4, -0.2) is 8.42 Å². The Morgan fingerprint density at radius 3 is 2.26 bits per heavy atom. The lowest BCUT2D eigenvalue weighted by Gasteiger charge is -2.25. The van der Waals surface area contributed by atoms with Gasteiger partial charge in [0.05, 0.1) is 0 Å². The Bertz CT molecular complexity index is 447.